The normalized spacial score (nSPS) is 13.1. The monoisotopic (exact) mass is 166 g/mol. The fourth-order valence-electron chi connectivity index (χ4n) is 0.411. The van der Waals surface area contributed by atoms with Gasteiger partial charge in [0.25, 0.3) is 0 Å². The van der Waals surface area contributed by atoms with E-state index in [1.807, 2.05) is 6.66 Å². The Morgan fingerprint density at radius 2 is 1.90 bits per heavy atom. The van der Waals surface area contributed by atoms with Crippen LogP contribution in [-0.4, -0.2) is 27.5 Å². The van der Waals surface area contributed by atoms with Crippen LogP contribution in [0.3, 0.4) is 0 Å². The Morgan fingerprint density at radius 3 is 2.20 bits per heavy atom. The minimum absolute atomic E-state index is 0.477. The topological polar surface area (TPSA) is 27.7 Å². The van der Waals surface area contributed by atoms with Crippen molar-refractivity contribution in [2.45, 2.75) is 0 Å². The third-order valence-electron chi connectivity index (χ3n) is 1.20. The van der Waals surface area contributed by atoms with Crippen LogP contribution in [0, 0.1) is 0 Å². The number of hydrogen-bond acceptors (Lipinski definition) is 3. The molecule has 0 aliphatic rings. The Morgan fingerprint density at radius 1 is 1.40 bits per heavy atom. The van der Waals surface area contributed by atoms with E-state index in [0.29, 0.717) is 6.61 Å². The molecule has 62 valence electrons. The summed E-state index contributed by atoms with van der Waals surface area (Å²) in [5.41, 5.74) is 0. The molecule has 0 aromatic carbocycles. The first-order valence-corrected chi connectivity index (χ1v) is 5.26. The zero-order valence-electron chi connectivity index (χ0n) is 6.72. The summed E-state index contributed by atoms with van der Waals surface area (Å²) >= 11 is 0. The summed E-state index contributed by atoms with van der Waals surface area (Å²) in [4.78, 5) is 0. The molecule has 0 N–H and O–H groups in total. The van der Waals surface area contributed by atoms with Crippen LogP contribution in [0.1, 0.15) is 0 Å². The predicted octanol–water partition coefficient (Wildman–Crippen LogP) is 1.61. The molecule has 0 saturated carbocycles. The molecule has 0 amide bonds. The molecular weight excluding hydrogens is 151 g/mol. The summed E-state index contributed by atoms with van der Waals surface area (Å²) in [7, 11) is 0.875. The Bertz CT molecular complexity index is 101. The van der Waals surface area contributed by atoms with E-state index in [1.165, 1.54) is 0 Å². The van der Waals surface area contributed by atoms with Crippen molar-refractivity contribution >= 4 is 7.94 Å². The van der Waals surface area contributed by atoms with E-state index in [2.05, 4.69) is 6.58 Å². The van der Waals surface area contributed by atoms with Gasteiger partial charge in [-0.05, 0) is 0 Å². The van der Waals surface area contributed by atoms with Gasteiger partial charge in [0.05, 0.1) is 0 Å². The maximum absolute atomic E-state index is 5.25. The SMILES string of the molecule is C=CCO[PH](C)(OC)OC. The first-order valence-electron chi connectivity index (χ1n) is 3.03. The van der Waals surface area contributed by atoms with Gasteiger partial charge in [0.15, 0.2) is 0 Å². The van der Waals surface area contributed by atoms with Crippen molar-refractivity contribution in [2.24, 2.45) is 0 Å². The molecule has 0 radical (unpaired) electrons. The predicted molar refractivity (Wildman–Crippen MR) is 44.4 cm³/mol. The Hall–Kier alpha value is 0.0500. The van der Waals surface area contributed by atoms with E-state index >= 15 is 0 Å². The molecule has 0 bridgehead atoms. The van der Waals surface area contributed by atoms with Gasteiger partial charge in [0, 0.05) is 0 Å². The van der Waals surface area contributed by atoms with Crippen LogP contribution in [0.5, 0.6) is 0 Å². The van der Waals surface area contributed by atoms with E-state index in [9.17, 15) is 0 Å². The summed E-state index contributed by atoms with van der Waals surface area (Å²) in [5.74, 6) is 0. The second kappa shape index (κ2) is 4.80. The molecule has 0 fully saturated rings. The third-order valence-corrected chi connectivity index (χ3v) is 3.38. The molecule has 0 heterocycles. The zero-order valence-corrected chi connectivity index (χ0v) is 7.72. The van der Waals surface area contributed by atoms with Gasteiger partial charge in [-0.2, -0.15) is 0 Å². The minimum atomic E-state index is -2.29. The molecule has 0 unspecified atom stereocenters. The van der Waals surface area contributed by atoms with Gasteiger partial charge in [-0.3, -0.25) is 0 Å². The van der Waals surface area contributed by atoms with Crippen LogP contribution < -0.4 is 0 Å². The molecule has 10 heavy (non-hydrogen) atoms. The van der Waals surface area contributed by atoms with E-state index in [1.54, 1.807) is 20.3 Å². The quantitative estimate of drug-likeness (QED) is 0.458. The van der Waals surface area contributed by atoms with Crippen molar-refractivity contribution in [3.8, 4) is 0 Å². The van der Waals surface area contributed by atoms with Gasteiger partial charge >= 0.3 is 61.7 Å². The molecule has 4 heteroatoms. The third kappa shape index (κ3) is 3.28. The molecule has 0 aromatic rings. The second-order valence-electron chi connectivity index (χ2n) is 1.87. The van der Waals surface area contributed by atoms with Crippen LogP contribution in [0.4, 0.5) is 0 Å². The van der Waals surface area contributed by atoms with Gasteiger partial charge in [-0.15, -0.1) is 0 Å². The van der Waals surface area contributed by atoms with Crippen molar-refractivity contribution in [2.75, 3.05) is 27.5 Å². The molecule has 0 aliphatic carbocycles. The molecular formula is C6H15O3P. The van der Waals surface area contributed by atoms with Crippen LogP contribution in [0.2, 0.25) is 0 Å². The Labute approximate surface area is 62.6 Å². The van der Waals surface area contributed by atoms with Gasteiger partial charge in [0.1, 0.15) is 0 Å². The summed E-state index contributed by atoms with van der Waals surface area (Å²) < 4.78 is 15.3. The summed E-state index contributed by atoms with van der Waals surface area (Å²) in [6.07, 6.45) is 1.67. The van der Waals surface area contributed by atoms with Crippen molar-refractivity contribution < 1.29 is 13.6 Å². The van der Waals surface area contributed by atoms with E-state index in [-0.39, 0.29) is 0 Å². The number of hydrogen-bond donors (Lipinski definition) is 0. The van der Waals surface area contributed by atoms with Crippen LogP contribution in [0.15, 0.2) is 12.7 Å². The fourth-order valence-corrected chi connectivity index (χ4v) is 1.23. The molecule has 3 nitrogen and oxygen atoms in total. The fraction of sp³-hybridized carbons (Fsp3) is 0.667. The van der Waals surface area contributed by atoms with Gasteiger partial charge in [-0.25, -0.2) is 0 Å². The Kier molecular flexibility index (Phi) is 4.83. The van der Waals surface area contributed by atoms with E-state index < -0.39 is 7.94 Å². The average Bonchev–Trinajstić information content (AvgIpc) is 2.00. The summed E-state index contributed by atoms with van der Waals surface area (Å²) in [6, 6.07) is 0. The Balaban J connectivity index is 3.68. The summed E-state index contributed by atoms with van der Waals surface area (Å²) in [6.45, 7) is 5.82. The first kappa shape index (κ1) is 10.0. The molecule has 0 rings (SSSR count). The van der Waals surface area contributed by atoms with Gasteiger partial charge < -0.3 is 0 Å². The molecule has 0 saturated heterocycles. The van der Waals surface area contributed by atoms with Crippen LogP contribution in [-0.2, 0) is 13.6 Å². The second-order valence-corrected chi connectivity index (χ2v) is 4.70. The van der Waals surface area contributed by atoms with Crippen molar-refractivity contribution in [1.29, 1.82) is 0 Å². The molecule has 0 atom stereocenters. The van der Waals surface area contributed by atoms with Crippen LogP contribution in [0.25, 0.3) is 0 Å². The first-order chi connectivity index (χ1) is 4.68. The zero-order chi connectivity index (χ0) is 8.04. The molecule has 0 aliphatic heterocycles. The van der Waals surface area contributed by atoms with Gasteiger partial charge in [-0.1, -0.05) is 0 Å². The van der Waals surface area contributed by atoms with Crippen molar-refractivity contribution in [1.82, 2.24) is 0 Å². The maximum atomic E-state index is 5.25. The van der Waals surface area contributed by atoms with Crippen LogP contribution >= 0.6 is 7.94 Å². The van der Waals surface area contributed by atoms with E-state index in [4.69, 9.17) is 13.6 Å². The molecule has 0 aromatic heterocycles. The summed E-state index contributed by atoms with van der Waals surface area (Å²) in [5, 5.41) is 0. The molecule has 0 spiro atoms. The average molecular weight is 166 g/mol. The van der Waals surface area contributed by atoms with Crippen molar-refractivity contribution in [3.63, 3.8) is 0 Å². The number of rotatable bonds is 5. The van der Waals surface area contributed by atoms with Crippen molar-refractivity contribution in [3.05, 3.63) is 12.7 Å². The van der Waals surface area contributed by atoms with E-state index in [0.717, 1.165) is 0 Å². The van der Waals surface area contributed by atoms with Gasteiger partial charge in [0.2, 0.25) is 0 Å². The standard InChI is InChI=1S/C6H15O3P/c1-5-6-9-10(4,7-2)8-3/h5,10H,1,6H2,2-4H3.